The van der Waals surface area contributed by atoms with Crippen LogP contribution in [0.1, 0.15) is 16.3 Å². The molecule has 3 heterocycles. The molecule has 0 saturated carbocycles. The molecule has 0 amide bonds. The molecule has 11 heteroatoms. The van der Waals surface area contributed by atoms with Crippen molar-refractivity contribution in [2.24, 2.45) is 4.99 Å². The van der Waals surface area contributed by atoms with E-state index < -0.39 is 11.9 Å². The number of hydrogen-bond donors (Lipinski definition) is 2. The summed E-state index contributed by atoms with van der Waals surface area (Å²) >= 11 is 1.01. The van der Waals surface area contributed by atoms with E-state index in [1.54, 1.807) is 13.2 Å². The number of aromatic nitrogens is 2. The summed E-state index contributed by atoms with van der Waals surface area (Å²) in [6.45, 7) is 3.90. The van der Waals surface area contributed by atoms with Crippen LogP contribution in [0.25, 0.3) is 0 Å². The van der Waals surface area contributed by atoms with Gasteiger partial charge in [0.05, 0.1) is 18.2 Å². The maximum Gasteiger partial charge on any atom is 0.434 e. The Morgan fingerprint density at radius 3 is 2.79 bits per heavy atom. The van der Waals surface area contributed by atoms with Gasteiger partial charge in [-0.1, -0.05) is 6.07 Å². The molecule has 0 atom stereocenters. The van der Waals surface area contributed by atoms with Gasteiger partial charge >= 0.3 is 6.18 Å². The Kier molecular flexibility index (Phi) is 7.26. The van der Waals surface area contributed by atoms with Crippen molar-refractivity contribution in [3.05, 3.63) is 40.0 Å². The Morgan fingerprint density at radius 1 is 1.31 bits per heavy atom. The zero-order valence-corrected chi connectivity index (χ0v) is 16.8. The summed E-state index contributed by atoms with van der Waals surface area (Å²) in [5, 5.41) is 7.80. The standard InChI is InChI=1S/C18H23F3N6OS/c1-22-17(24-6-4-15-26-14(12-29-15)18(19,20)21)25-11-13-3-2-5-23-16(13)27-7-9-28-10-8-27/h2-3,5,12H,4,6-11H2,1H3,(H2,22,24,25). The average Bonchev–Trinajstić information content (AvgIpc) is 3.21. The number of alkyl halides is 3. The molecule has 158 valence electrons. The second-order valence-electron chi connectivity index (χ2n) is 6.31. The summed E-state index contributed by atoms with van der Waals surface area (Å²) in [4.78, 5) is 14.5. The molecule has 3 rings (SSSR count). The van der Waals surface area contributed by atoms with E-state index in [1.165, 1.54) is 0 Å². The quantitative estimate of drug-likeness (QED) is 0.543. The van der Waals surface area contributed by atoms with Gasteiger partial charge in [-0.2, -0.15) is 13.2 Å². The van der Waals surface area contributed by atoms with Crippen molar-refractivity contribution in [2.75, 3.05) is 44.8 Å². The molecule has 1 aliphatic rings. The van der Waals surface area contributed by atoms with Crippen LogP contribution >= 0.6 is 11.3 Å². The summed E-state index contributed by atoms with van der Waals surface area (Å²) in [5.74, 6) is 1.48. The topological polar surface area (TPSA) is 74.7 Å². The zero-order valence-electron chi connectivity index (χ0n) is 16.0. The van der Waals surface area contributed by atoms with Crippen LogP contribution in [0.2, 0.25) is 0 Å². The third kappa shape index (κ3) is 6.04. The van der Waals surface area contributed by atoms with Crippen LogP contribution in [0, 0.1) is 0 Å². The fourth-order valence-electron chi connectivity index (χ4n) is 2.87. The molecule has 0 aromatic carbocycles. The lowest BCUT2D eigenvalue weighted by atomic mass is 10.2. The van der Waals surface area contributed by atoms with Gasteiger partial charge < -0.3 is 20.3 Å². The molecule has 0 unspecified atom stereocenters. The van der Waals surface area contributed by atoms with E-state index >= 15 is 0 Å². The van der Waals surface area contributed by atoms with E-state index in [2.05, 4.69) is 30.5 Å². The number of halogens is 3. The maximum atomic E-state index is 12.6. The second-order valence-corrected chi connectivity index (χ2v) is 7.25. The van der Waals surface area contributed by atoms with Gasteiger partial charge in [0.1, 0.15) is 5.82 Å². The first kappa shape index (κ1) is 21.3. The Morgan fingerprint density at radius 2 is 2.10 bits per heavy atom. The monoisotopic (exact) mass is 428 g/mol. The predicted molar refractivity (Wildman–Crippen MR) is 106 cm³/mol. The summed E-state index contributed by atoms with van der Waals surface area (Å²) in [7, 11) is 1.65. The first-order valence-corrected chi connectivity index (χ1v) is 10.1. The van der Waals surface area contributed by atoms with Crippen LogP contribution < -0.4 is 15.5 Å². The van der Waals surface area contributed by atoms with Gasteiger partial charge in [-0.3, -0.25) is 4.99 Å². The smallest absolute Gasteiger partial charge is 0.378 e. The lowest BCUT2D eigenvalue weighted by Gasteiger charge is -2.29. The Hall–Kier alpha value is -2.40. The highest BCUT2D eigenvalue weighted by molar-refractivity contribution is 7.09. The minimum Gasteiger partial charge on any atom is -0.378 e. The van der Waals surface area contributed by atoms with E-state index in [0.717, 1.165) is 41.2 Å². The van der Waals surface area contributed by atoms with Crippen LogP contribution in [-0.4, -0.2) is 55.8 Å². The number of nitrogens with zero attached hydrogens (tertiary/aromatic N) is 4. The number of morpholine rings is 1. The molecular weight excluding hydrogens is 405 g/mol. The number of aliphatic imine (C=N–C) groups is 1. The Labute approximate surface area is 171 Å². The fraction of sp³-hybridized carbons (Fsp3) is 0.500. The molecule has 1 saturated heterocycles. The molecule has 0 spiro atoms. The van der Waals surface area contributed by atoms with Crippen LogP contribution in [0.15, 0.2) is 28.7 Å². The molecular formula is C18H23F3N6OS. The average molecular weight is 428 g/mol. The lowest BCUT2D eigenvalue weighted by Crippen LogP contribution is -2.40. The highest BCUT2D eigenvalue weighted by Crippen LogP contribution is 2.30. The number of rotatable bonds is 6. The van der Waals surface area contributed by atoms with Crippen LogP contribution in [-0.2, 0) is 23.9 Å². The normalized spacial score (nSPS) is 15.4. The van der Waals surface area contributed by atoms with Crippen molar-refractivity contribution in [1.29, 1.82) is 0 Å². The zero-order chi connectivity index (χ0) is 20.7. The van der Waals surface area contributed by atoms with E-state index in [9.17, 15) is 13.2 Å². The van der Waals surface area contributed by atoms with Gasteiger partial charge in [0, 0.05) is 56.8 Å². The molecule has 29 heavy (non-hydrogen) atoms. The van der Waals surface area contributed by atoms with Crippen LogP contribution in [0.4, 0.5) is 19.0 Å². The molecule has 7 nitrogen and oxygen atoms in total. The fourth-order valence-corrected chi connectivity index (χ4v) is 3.68. The first-order valence-electron chi connectivity index (χ1n) is 9.20. The maximum absolute atomic E-state index is 12.6. The van der Waals surface area contributed by atoms with Gasteiger partial charge in [0.15, 0.2) is 11.7 Å². The summed E-state index contributed by atoms with van der Waals surface area (Å²) in [6.07, 6.45) is -2.25. The molecule has 1 aliphatic heterocycles. The van der Waals surface area contributed by atoms with E-state index in [1.807, 2.05) is 12.1 Å². The minimum atomic E-state index is -4.40. The van der Waals surface area contributed by atoms with Crippen molar-refractivity contribution in [3.63, 3.8) is 0 Å². The third-order valence-corrected chi connectivity index (χ3v) is 5.23. The first-order chi connectivity index (χ1) is 14.0. The van der Waals surface area contributed by atoms with Gasteiger partial charge in [0.25, 0.3) is 0 Å². The van der Waals surface area contributed by atoms with E-state index in [0.29, 0.717) is 43.7 Å². The predicted octanol–water partition coefficient (Wildman–Crippen LogP) is 2.30. The van der Waals surface area contributed by atoms with Crippen LogP contribution in [0.5, 0.6) is 0 Å². The van der Waals surface area contributed by atoms with Crippen molar-refractivity contribution >= 4 is 23.1 Å². The number of pyridine rings is 1. The van der Waals surface area contributed by atoms with Gasteiger partial charge in [0.2, 0.25) is 0 Å². The van der Waals surface area contributed by atoms with E-state index in [-0.39, 0.29) is 0 Å². The number of ether oxygens (including phenoxy) is 1. The number of anilines is 1. The highest BCUT2D eigenvalue weighted by Gasteiger charge is 2.33. The minimum absolute atomic E-state index is 0.382. The van der Waals surface area contributed by atoms with Gasteiger partial charge in [-0.15, -0.1) is 11.3 Å². The van der Waals surface area contributed by atoms with Crippen molar-refractivity contribution in [2.45, 2.75) is 19.1 Å². The van der Waals surface area contributed by atoms with Crippen LogP contribution in [0.3, 0.4) is 0 Å². The SMILES string of the molecule is CN=C(NCCc1nc(C(F)(F)F)cs1)NCc1cccnc1N1CCOCC1. The largest absolute Gasteiger partial charge is 0.434 e. The summed E-state index contributed by atoms with van der Waals surface area (Å²) in [6, 6.07) is 3.89. The van der Waals surface area contributed by atoms with Crippen molar-refractivity contribution < 1.29 is 17.9 Å². The summed E-state index contributed by atoms with van der Waals surface area (Å²) < 4.78 is 43.3. The van der Waals surface area contributed by atoms with Gasteiger partial charge in [-0.05, 0) is 6.07 Å². The Balaban J connectivity index is 1.50. The van der Waals surface area contributed by atoms with Crippen molar-refractivity contribution in [1.82, 2.24) is 20.6 Å². The molecule has 1 fully saturated rings. The number of guanidine groups is 1. The molecule has 2 N–H and O–H groups in total. The second kappa shape index (κ2) is 9.88. The molecule has 2 aromatic rings. The summed E-state index contributed by atoms with van der Waals surface area (Å²) in [5.41, 5.74) is 0.194. The third-order valence-electron chi connectivity index (χ3n) is 4.32. The molecule has 2 aromatic heterocycles. The Bertz CT molecular complexity index is 820. The number of hydrogen-bond acceptors (Lipinski definition) is 6. The number of nitrogens with one attached hydrogen (secondary N) is 2. The molecule has 0 aliphatic carbocycles. The lowest BCUT2D eigenvalue weighted by molar-refractivity contribution is -0.140. The van der Waals surface area contributed by atoms with Crippen molar-refractivity contribution in [3.8, 4) is 0 Å². The highest BCUT2D eigenvalue weighted by atomic mass is 32.1. The molecule has 0 bridgehead atoms. The molecule has 0 radical (unpaired) electrons. The van der Waals surface area contributed by atoms with Gasteiger partial charge in [-0.25, -0.2) is 9.97 Å². The number of thiazole rings is 1. The van der Waals surface area contributed by atoms with E-state index in [4.69, 9.17) is 4.74 Å².